The number of halogens is 1. The Morgan fingerprint density at radius 2 is 1.81 bits per heavy atom. The van der Waals surface area contributed by atoms with E-state index in [1.165, 1.54) is 0 Å². The van der Waals surface area contributed by atoms with Crippen LogP contribution in [0.4, 0.5) is 4.39 Å². The third kappa shape index (κ3) is 4.62. The van der Waals surface area contributed by atoms with Gasteiger partial charge in [0.1, 0.15) is 0 Å². The molecule has 2 N–H and O–H groups in total. The van der Waals surface area contributed by atoms with Crippen LogP contribution >= 0.6 is 0 Å². The van der Waals surface area contributed by atoms with Gasteiger partial charge in [0.05, 0.1) is 17.1 Å². The highest BCUT2D eigenvalue weighted by Crippen LogP contribution is 2.27. The van der Waals surface area contributed by atoms with Gasteiger partial charge in [0, 0.05) is 31.1 Å². The topological polar surface area (TPSA) is 70.1 Å². The van der Waals surface area contributed by atoms with Crippen molar-refractivity contribution < 1.29 is 9.18 Å². The maximum absolute atomic E-state index is 15.2. The van der Waals surface area contributed by atoms with Crippen LogP contribution in [-0.2, 0) is 0 Å². The van der Waals surface area contributed by atoms with Crippen LogP contribution in [-0.4, -0.2) is 52.2 Å². The fourth-order valence-electron chi connectivity index (χ4n) is 4.54. The molecule has 1 aromatic heterocycles. The number of hydrogen-bond donors (Lipinski definition) is 2. The number of carbonyl (C=O) groups is 1. The standard InChI is InChI=1S/C24H29FN4O2/c1-2-26-20(23(30)17-8-4-3-5-9-17)16-22(25)28-14-12-18(13-15-28)29-21-11-7-6-10-19(21)27-24(29)31/h3-11,18,20,22,26H,2,12-16H2,1H3,(H,27,31). The van der Waals surface area contributed by atoms with Crippen molar-refractivity contribution >= 4 is 16.8 Å². The summed E-state index contributed by atoms with van der Waals surface area (Å²) in [5.41, 5.74) is 2.20. The Balaban J connectivity index is 1.40. The monoisotopic (exact) mass is 424 g/mol. The Morgan fingerprint density at radius 1 is 1.13 bits per heavy atom. The van der Waals surface area contributed by atoms with E-state index >= 15 is 4.39 Å². The molecule has 31 heavy (non-hydrogen) atoms. The van der Waals surface area contributed by atoms with Crippen molar-refractivity contribution in [3.63, 3.8) is 0 Å². The van der Waals surface area contributed by atoms with Gasteiger partial charge in [-0.3, -0.25) is 14.3 Å². The fourth-order valence-corrected chi connectivity index (χ4v) is 4.54. The predicted octanol–water partition coefficient (Wildman–Crippen LogP) is 3.51. The van der Waals surface area contributed by atoms with Crippen LogP contribution in [0.5, 0.6) is 0 Å². The number of fused-ring (bicyclic) bond motifs is 1. The zero-order valence-electron chi connectivity index (χ0n) is 17.8. The number of likely N-dealkylation sites (tertiary alicyclic amines) is 1. The number of likely N-dealkylation sites (N-methyl/N-ethyl adjacent to an activating group) is 1. The van der Waals surface area contributed by atoms with Gasteiger partial charge in [0.15, 0.2) is 12.1 Å². The summed E-state index contributed by atoms with van der Waals surface area (Å²) >= 11 is 0. The maximum Gasteiger partial charge on any atom is 0.326 e. The first kappa shape index (κ1) is 21.5. The summed E-state index contributed by atoms with van der Waals surface area (Å²) < 4.78 is 17.0. The number of carbonyl (C=O) groups excluding carboxylic acids is 1. The molecule has 1 fully saturated rings. The summed E-state index contributed by atoms with van der Waals surface area (Å²) in [6.45, 7) is 3.62. The van der Waals surface area contributed by atoms with Crippen molar-refractivity contribution in [2.75, 3.05) is 19.6 Å². The zero-order chi connectivity index (χ0) is 21.8. The lowest BCUT2D eigenvalue weighted by Gasteiger charge is -2.35. The van der Waals surface area contributed by atoms with Crippen molar-refractivity contribution in [2.45, 2.75) is 44.6 Å². The number of nitrogens with one attached hydrogen (secondary N) is 2. The predicted molar refractivity (Wildman–Crippen MR) is 120 cm³/mol. The Morgan fingerprint density at radius 3 is 2.52 bits per heavy atom. The quantitative estimate of drug-likeness (QED) is 0.429. The van der Waals surface area contributed by atoms with E-state index in [2.05, 4.69) is 10.3 Å². The molecule has 2 atom stereocenters. The highest BCUT2D eigenvalue weighted by molar-refractivity contribution is 6.00. The molecular weight excluding hydrogens is 395 g/mol. The van der Waals surface area contributed by atoms with E-state index in [4.69, 9.17) is 0 Å². The first-order valence-corrected chi connectivity index (χ1v) is 11.0. The number of Topliss-reactive ketones (excluding diaryl/α,β-unsaturated/α-hetero) is 1. The number of ketones is 1. The van der Waals surface area contributed by atoms with Crippen LogP contribution in [0.3, 0.4) is 0 Å². The third-order valence-corrected chi connectivity index (χ3v) is 6.14. The second-order valence-electron chi connectivity index (χ2n) is 8.10. The number of piperidine rings is 1. The minimum atomic E-state index is -1.21. The summed E-state index contributed by atoms with van der Waals surface area (Å²) in [6, 6.07) is 16.2. The molecule has 0 spiro atoms. The summed E-state index contributed by atoms with van der Waals surface area (Å²) in [6.07, 6.45) is 0.290. The van der Waals surface area contributed by atoms with Gasteiger partial charge < -0.3 is 10.3 Å². The minimum Gasteiger partial charge on any atom is -0.307 e. The molecule has 0 radical (unpaired) electrons. The van der Waals surface area contributed by atoms with E-state index in [-0.39, 0.29) is 23.9 Å². The van der Waals surface area contributed by atoms with Gasteiger partial charge in [-0.2, -0.15) is 0 Å². The molecule has 1 aliphatic heterocycles. The van der Waals surface area contributed by atoms with Crippen LogP contribution < -0.4 is 11.0 Å². The van der Waals surface area contributed by atoms with Crippen molar-refractivity contribution in [3.05, 3.63) is 70.6 Å². The molecule has 1 aliphatic rings. The Hall–Kier alpha value is -2.77. The first-order chi connectivity index (χ1) is 15.1. The molecule has 2 unspecified atom stereocenters. The van der Waals surface area contributed by atoms with Crippen molar-refractivity contribution in [3.8, 4) is 0 Å². The normalized spacial score (nSPS) is 17.6. The molecule has 0 bridgehead atoms. The Labute approximate surface area is 181 Å². The number of aromatic nitrogens is 2. The van der Waals surface area contributed by atoms with Crippen LogP contribution in [0.1, 0.15) is 42.6 Å². The van der Waals surface area contributed by atoms with Gasteiger partial charge >= 0.3 is 5.69 Å². The molecule has 1 saturated heterocycles. The van der Waals surface area contributed by atoms with Gasteiger partial charge in [0.25, 0.3) is 0 Å². The molecule has 164 valence electrons. The van der Waals surface area contributed by atoms with Crippen molar-refractivity contribution in [1.29, 1.82) is 0 Å². The lowest BCUT2D eigenvalue weighted by atomic mass is 9.99. The second kappa shape index (κ2) is 9.58. The van der Waals surface area contributed by atoms with Crippen LogP contribution in [0.2, 0.25) is 0 Å². The van der Waals surface area contributed by atoms with E-state index in [0.29, 0.717) is 38.0 Å². The Bertz CT molecular complexity index is 1070. The lowest BCUT2D eigenvalue weighted by molar-refractivity contribution is 0.0362. The van der Waals surface area contributed by atoms with Crippen LogP contribution in [0.25, 0.3) is 11.0 Å². The van der Waals surface area contributed by atoms with Crippen LogP contribution in [0.15, 0.2) is 59.4 Å². The summed E-state index contributed by atoms with van der Waals surface area (Å²) in [7, 11) is 0. The average molecular weight is 425 g/mol. The molecule has 0 aliphatic carbocycles. The van der Waals surface area contributed by atoms with Gasteiger partial charge in [-0.25, -0.2) is 9.18 Å². The smallest absolute Gasteiger partial charge is 0.307 e. The number of nitrogens with zero attached hydrogens (tertiary/aromatic N) is 2. The average Bonchev–Trinajstić information content (AvgIpc) is 3.14. The number of aromatic amines is 1. The highest BCUT2D eigenvalue weighted by atomic mass is 19.1. The van der Waals surface area contributed by atoms with E-state index in [9.17, 15) is 9.59 Å². The van der Waals surface area contributed by atoms with Crippen molar-refractivity contribution in [2.24, 2.45) is 0 Å². The second-order valence-corrected chi connectivity index (χ2v) is 8.10. The van der Waals surface area contributed by atoms with E-state index < -0.39 is 12.3 Å². The molecule has 2 aromatic carbocycles. The van der Waals surface area contributed by atoms with Crippen molar-refractivity contribution in [1.82, 2.24) is 19.8 Å². The molecule has 4 rings (SSSR count). The van der Waals surface area contributed by atoms with E-state index in [1.807, 2.05) is 49.4 Å². The molecule has 6 nitrogen and oxygen atoms in total. The van der Waals surface area contributed by atoms with Gasteiger partial charge in [0.2, 0.25) is 0 Å². The van der Waals surface area contributed by atoms with Crippen LogP contribution in [0, 0.1) is 0 Å². The first-order valence-electron chi connectivity index (χ1n) is 11.0. The number of rotatable bonds is 8. The number of hydrogen-bond acceptors (Lipinski definition) is 4. The number of alkyl halides is 1. The zero-order valence-corrected chi connectivity index (χ0v) is 17.8. The van der Waals surface area contributed by atoms with E-state index in [0.717, 1.165) is 11.0 Å². The maximum atomic E-state index is 15.2. The lowest BCUT2D eigenvalue weighted by Crippen LogP contribution is -2.46. The Kier molecular flexibility index (Phi) is 6.63. The SMILES string of the molecule is CCNC(CC(F)N1CCC(n2c(=O)[nH]c3ccccc32)CC1)C(=O)c1ccccc1. The van der Waals surface area contributed by atoms with Gasteiger partial charge in [-0.1, -0.05) is 49.4 Å². The number of H-pyrrole nitrogens is 1. The number of benzene rings is 2. The molecule has 2 heterocycles. The molecule has 0 amide bonds. The summed E-state index contributed by atoms with van der Waals surface area (Å²) in [5.74, 6) is -0.0784. The van der Waals surface area contributed by atoms with Gasteiger partial charge in [-0.05, 0) is 31.5 Å². The fraction of sp³-hybridized carbons (Fsp3) is 0.417. The minimum absolute atomic E-state index is 0.0441. The molecule has 7 heteroatoms. The molecule has 3 aromatic rings. The summed E-state index contributed by atoms with van der Waals surface area (Å²) in [4.78, 5) is 30.0. The number of para-hydroxylation sites is 2. The van der Waals surface area contributed by atoms with E-state index in [1.54, 1.807) is 21.6 Å². The molecule has 0 saturated carbocycles. The third-order valence-electron chi connectivity index (χ3n) is 6.14. The highest BCUT2D eigenvalue weighted by Gasteiger charge is 2.31. The number of imidazole rings is 1. The molecular formula is C24H29FN4O2. The summed E-state index contributed by atoms with van der Waals surface area (Å²) in [5, 5.41) is 3.14. The largest absolute Gasteiger partial charge is 0.326 e. The van der Waals surface area contributed by atoms with Gasteiger partial charge in [-0.15, -0.1) is 0 Å².